The lowest BCUT2D eigenvalue weighted by Gasteiger charge is -2.34. The van der Waals surface area contributed by atoms with Crippen LogP contribution in [0.25, 0.3) is 55.4 Å². The van der Waals surface area contributed by atoms with E-state index in [1.807, 2.05) is 13.8 Å². The van der Waals surface area contributed by atoms with Crippen LogP contribution in [0.1, 0.15) is 224 Å². The van der Waals surface area contributed by atoms with Gasteiger partial charge in [0.25, 0.3) is 0 Å². The summed E-state index contributed by atoms with van der Waals surface area (Å²) in [5, 5.41) is 28.5. The van der Waals surface area contributed by atoms with Gasteiger partial charge >= 0.3 is 0 Å². The van der Waals surface area contributed by atoms with Crippen LogP contribution in [0.15, 0.2) is 84.9 Å². The Hall–Kier alpha value is -6.54. The van der Waals surface area contributed by atoms with E-state index in [9.17, 15) is 10.2 Å². The number of aryl methyl sites for hydroxylation is 2. The number of ether oxygens (including phenoxy) is 2. The van der Waals surface area contributed by atoms with Crippen LogP contribution in [0.3, 0.4) is 0 Å². The molecule has 3 aliphatic carbocycles. The largest absolute Gasteiger partial charge is 0.505 e. The maximum Gasteiger partial charge on any atom is 0.147 e. The first-order valence-corrected chi connectivity index (χ1v) is 32.6. The van der Waals surface area contributed by atoms with Gasteiger partial charge in [0.2, 0.25) is 0 Å². The lowest BCUT2D eigenvalue weighted by atomic mass is 9.71. The number of aromatic hydroxyl groups is 2. The van der Waals surface area contributed by atoms with Crippen LogP contribution in [0.2, 0.25) is 0 Å². The third-order valence-electron chi connectivity index (χ3n) is 19.4. The maximum atomic E-state index is 16.4. The molecule has 2 atom stereocenters. The van der Waals surface area contributed by atoms with Crippen LogP contribution in [-0.4, -0.2) is 31.6 Å². The highest BCUT2D eigenvalue weighted by atomic mass is 19.1. The number of rotatable bonds is 12. The SMILES string of the molecule is Cc1cc(F)cc(-c2cc(C(C)(C)CC(C)(C)C)cc(-n3c4c(c5c3CCCC5)CCCC4)c2O)c1O[C@@H]1CC[C@@H](Oc2c(C)cc(F)cc2-c2cc(C(C)(C)CC(C)(C)C)cc(-n3c4cc(C(C)(C)C)ccc4c4ccc(C(C)(C)C)cc43)c2O)C1. The quantitative estimate of drug-likeness (QED) is 0.128. The summed E-state index contributed by atoms with van der Waals surface area (Å²) in [5.41, 5.74) is 15.8. The zero-order chi connectivity index (χ0) is 62.8. The molecule has 1 saturated carbocycles. The fourth-order valence-corrected chi connectivity index (χ4v) is 15.8. The molecule has 11 rings (SSSR count). The van der Waals surface area contributed by atoms with Gasteiger partial charge in [-0.3, -0.25) is 0 Å². The molecular formula is C79H98F2N2O4. The Morgan fingerprint density at radius 2 is 0.828 bits per heavy atom. The molecule has 2 N–H and O–H groups in total. The number of phenolic OH excluding ortho intramolecular Hbond substituents is 2. The second-order valence-electron chi connectivity index (χ2n) is 32.4. The number of hydrogen-bond acceptors (Lipinski definition) is 4. The van der Waals surface area contributed by atoms with Crippen molar-refractivity contribution in [2.75, 3.05) is 0 Å². The number of nitrogens with zero attached hydrogens (tertiary/aromatic N) is 2. The lowest BCUT2D eigenvalue weighted by molar-refractivity contribution is 0.165. The number of hydrogen-bond donors (Lipinski definition) is 2. The first-order chi connectivity index (χ1) is 40.6. The van der Waals surface area contributed by atoms with Crippen LogP contribution in [0.4, 0.5) is 8.78 Å². The van der Waals surface area contributed by atoms with E-state index in [0.29, 0.717) is 69.8 Å². The summed E-state index contributed by atoms with van der Waals surface area (Å²) in [6.45, 7) is 39.9. The third-order valence-corrected chi connectivity index (χ3v) is 19.4. The second-order valence-corrected chi connectivity index (χ2v) is 32.4. The van der Waals surface area contributed by atoms with E-state index in [1.165, 1.54) is 64.7 Å². The molecule has 0 saturated heterocycles. The van der Waals surface area contributed by atoms with Crippen LogP contribution in [0.5, 0.6) is 23.0 Å². The Morgan fingerprint density at radius 3 is 1.21 bits per heavy atom. The van der Waals surface area contributed by atoms with E-state index in [2.05, 4.69) is 181 Å². The smallest absolute Gasteiger partial charge is 0.147 e. The van der Waals surface area contributed by atoms with Gasteiger partial charge in [0.15, 0.2) is 0 Å². The average molecular weight is 1180 g/mol. The Kier molecular flexibility index (Phi) is 15.8. The number of aromatic nitrogens is 2. The summed E-state index contributed by atoms with van der Waals surface area (Å²) in [6, 6.07) is 28.1. The van der Waals surface area contributed by atoms with Crippen molar-refractivity contribution < 1.29 is 28.5 Å². The number of fused-ring (bicyclic) bond motifs is 6. The summed E-state index contributed by atoms with van der Waals surface area (Å²) in [4.78, 5) is 0. The Morgan fingerprint density at radius 1 is 0.448 bits per heavy atom. The molecule has 6 aromatic carbocycles. The fraction of sp³-hybridized carbons (Fsp3) is 0.494. The van der Waals surface area contributed by atoms with E-state index in [4.69, 9.17) is 9.47 Å². The van der Waals surface area contributed by atoms with E-state index in [-0.39, 0.29) is 56.2 Å². The average Bonchev–Trinajstić information content (AvgIpc) is 1.69. The van der Waals surface area contributed by atoms with Crippen molar-refractivity contribution in [3.63, 3.8) is 0 Å². The van der Waals surface area contributed by atoms with Gasteiger partial charge in [-0.25, -0.2) is 8.78 Å². The van der Waals surface area contributed by atoms with Gasteiger partial charge in [0.05, 0.1) is 22.4 Å². The van der Waals surface area contributed by atoms with Crippen molar-refractivity contribution in [1.29, 1.82) is 0 Å². The molecule has 0 aliphatic heterocycles. The first-order valence-electron chi connectivity index (χ1n) is 32.6. The van der Waals surface area contributed by atoms with E-state index in [0.717, 1.165) is 90.0 Å². The number of benzene rings is 6. The molecule has 0 bridgehead atoms. The molecule has 2 heterocycles. The van der Waals surface area contributed by atoms with E-state index in [1.54, 1.807) is 6.07 Å². The summed E-state index contributed by atoms with van der Waals surface area (Å²) >= 11 is 0. The van der Waals surface area contributed by atoms with Crippen molar-refractivity contribution in [2.45, 2.75) is 242 Å². The lowest BCUT2D eigenvalue weighted by Crippen LogP contribution is -2.25. The Bertz CT molecular complexity index is 3880. The second kappa shape index (κ2) is 22.2. The zero-order valence-corrected chi connectivity index (χ0v) is 55.8. The van der Waals surface area contributed by atoms with Crippen molar-refractivity contribution in [3.8, 4) is 56.6 Å². The van der Waals surface area contributed by atoms with Crippen molar-refractivity contribution >= 4 is 21.8 Å². The topological polar surface area (TPSA) is 68.8 Å². The normalized spacial score (nSPS) is 17.1. The highest BCUT2D eigenvalue weighted by molar-refractivity contribution is 6.10. The van der Waals surface area contributed by atoms with Gasteiger partial charge in [-0.15, -0.1) is 0 Å². The summed E-state index contributed by atoms with van der Waals surface area (Å²) in [5.74, 6) is 0.438. The molecule has 8 aromatic rings. The highest BCUT2D eigenvalue weighted by Gasteiger charge is 2.37. The highest BCUT2D eigenvalue weighted by Crippen LogP contribution is 2.52. The summed E-state index contributed by atoms with van der Waals surface area (Å²) < 4.78 is 51.6. The molecule has 0 spiro atoms. The molecule has 3 aliphatic rings. The van der Waals surface area contributed by atoms with E-state index < -0.39 is 11.6 Å². The standard InChI is InChI=1S/C79H98F2N2O4/c1-46-33-52(80)41-62(60-35-50(78(15,16)44-74(3,4)5)39-68(70(60)84)82-64-25-21-19-23-56(64)57-24-20-22-26-65(57)82)72(46)86-54-29-30-55(43-54)87-73-47(2)34-53(81)42-63(73)61-36-51(79(17,18)45-75(6,7)8)40-69(71(61)85)83-66-37-48(76(9,10)11)27-31-58(66)59-32-28-49(38-67(59)83)77(12,13)14/h27-28,31-42,54-55,84-85H,19-26,29-30,43-45H2,1-18H3/t54-,55-/m1/s1. The molecule has 0 radical (unpaired) electrons. The molecular weight excluding hydrogens is 1080 g/mol. The van der Waals surface area contributed by atoms with Gasteiger partial charge in [-0.05, 0) is 229 Å². The maximum absolute atomic E-state index is 16.4. The van der Waals surface area contributed by atoms with Gasteiger partial charge in [0, 0.05) is 50.8 Å². The molecule has 0 amide bonds. The summed E-state index contributed by atoms with van der Waals surface area (Å²) in [7, 11) is 0. The van der Waals surface area contributed by atoms with Crippen LogP contribution in [-0.2, 0) is 47.3 Å². The molecule has 8 heteroatoms. The van der Waals surface area contributed by atoms with Gasteiger partial charge < -0.3 is 28.8 Å². The third kappa shape index (κ3) is 12.1. The number of halogens is 2. The van der Waals surface area contributed by atoms with E-state index >= 15 is 8.78 Å². The van der Waals surface area contributed by atoms with Crippen molar-refractivity contribution in [3.05, 3.63) is 152 Å². The van der Waals surface area contributed by atoms with Crippen LogP contribution in [0, 0.1) is 36.3 Å². The minimum absolute atomic E-state index is 0.0167. The summed E-state index contributed by atoms with van der Waals surface area (Å²) in [6.07, 6.45) is 11.5. The minimum atomic E-state index is -0.419. The Labute approximate surface area is 518 Å². The van der Waals surface area contributed by atoms with Crippen molar-refractivity contribution in [2.24, 2.45) is 10.8 Å². The van der Waals surface area contributed by atoms with Crippen LogP contribution < -0.4 is 9.47 Å². The fourth-order valence-electron chi connectivity index (χ4n) is 15.8. The molecule has 2 aromatic heterocycles. The van der Waals surface area contributed by atoms with Crippen LogP contribution >= 0.6 is 0 Å². The van der Waals surface area contributed by atoms with Gasteiger partial charge in [-0.1, -0.05) is 135 Å². The molecule has 462 valence electrons. The molecule has 0 unspecified atom stereocenters. The van der Waals surface area contributed by atoms with Crippen molar-refractivity contribution in [1.82, 2.24) is 9.13 Å². The first kappa shape index (κ1) is 62.1. The number of phenols is 2. The van der Waals surface area contributed by atoms with Gasteiger partial charge in [0.1, 0.15) is 46.8 Å². The minimum Gasteiger partial charge on any atom is -0.505 e. The molecule has 6 nitrogen and oxygen atoms in total. The Balaban J connectivity index is 1.01. The van der Waals surface area contributed by atoms with Gasteiger partial charge in [-0.2, -0.15) is 0 Å². The zero-order valence-electron chi connectivity index (χ0n) is 55.8. The predicted molar refractivity (Wildman–Crippen MR) is 358 cm³/mol. The molecule has 87 heavy (non-hydrogen) atoms. The molecule has 1 fully saturated rings. The monoisotopic (exact) mass is 1180 g/mol. The predicted octanol–water partition coefficient (Wildman–Crippen LogP) is 21.4.